The molecule has 0 saturated heterocycles. The van der Waals surface area contributed by atoms with Crippen molar-refractivity contribution >= 4 is 0 Å². The molecule has 0 heterocycles. The summed E-state index contributed by atoms with van der Waals surface area (Å²) >= 11 is 0. The fraction of sp³-hybridized carbons (Fsp3) is 0.800. The maximum Gasteiger partial charge on any atom is -0.0379 e. The minimum absolute atomic E-state index is 1.16. The first-order valence-electron chi connectivity index (χ1n) is 4.44. The first-order valence-corrected chi connectivity index (χ1v) is 4.44. The summed E-state index contributed by atoms with van der Waals surface area (Å²) in [5.74, 6) is 0. The standard InChI is InChI=1S/C5H12.C5H10/c2*1-3-5-4-2/h3-5H2,1-2H3;3,5H,4H2,1-2H3. The third-order valence-electron chi connectivity index (χ3n) is 1.18. The molecular weight excluding hydrogens is 120 g/mol. The van der Waals surface area contributed by atoms with Crippen molar-refractivity contribution in [3.8, 4) is 0 Å². The highest BCUT2D eigenvalue weighted by Crippen LogP contribution is 1.88. The number of unbranched alkanes of at least 4 members (excludes halogenated alkanes) is 2. The molecule has 0 unspecified atom stereocenters. The number of allylic oxidation sites excluding steroid dienone is 2. The Kier molecular flexibility index (Phi) is 19.7. The van der Waals surface area contributed by atoms with Gasteiger partial charge in [-0.25, -0.2) is 0 Å². The van der Waals surface area contributed by atoms with E-state index in [1.165, 1.54) is 19.3 Å². The minimum atomic E-state index is 1.16. The summed E-state index contributed by atoms with van der Waals surface area (Å²) in [4.78, 5) is 0. The Bertz CT molecular complexity index is 51.1. The van der Waals surface area contributed by atoms with Crippen molar-refractivity contribution in [3.63, 3.8) is 0 Å². The number of hydrogen-bond acceptors (Lipinski definition) is 0. The molecule has 0 aromatic carbocycles. The van der Waals surface area contributed by atoms with Gasteiger partial charge in [-0.3, -0.25) is 0 Å². The second-order valence-electron chi connectivity index (χ2n) is 2.33. The fourth-order valence-electron chi connectivity index (χ4n) is 0.589. The summed E-state index contributed by atoms with van der Waals surface area (Å²) in [5.41, 5.74) is 0. The molecule has 0 radical (unpaired) electrons. The summed E-state index contributed by atoms with van der Waals surface area (Å²) in [5, 5.41) is 0. The van der Waals surface area contributed by atoms with Gasteiger partial charge in [0.05, 0.1) is 0 Å². The van der Waals surface area contributed by atoms with Gasteiger partial charge in [-0.1, -0.05) is 52.2 Å². The van der Waals surface area contributed by atoms with Crippen LogP contribution in [0.4, 0.5) is 0 Å². The molecule has 62 valence electrons. The molecule has 10 heavy (non-hydrogen) atoms. The Morgan fingerprint density at radius 2 is 1.50 bits per heavy atom. The lowest BCUT2D eigenvalue weighted by atomic mass is 10.3. The van der Waals surface area contributed by atoms with E-state index in [2.05, 4.69) is 32.9 Å². The van der Waals surface area contributed by atoms with Crippen LogP contribution in [-0.4, -0.2) is 0 Å². The molecule has 0 N–H and O–H groups in total. The van der Waals surface area contributed by atoms with Gasteiger partial charge in [0.1, 0.15) is 0 Å². The normalized spacial score (nSPS) is 9.20. The lowest BCUT2D eigenvalue weighted by Crippen LogP contribution is -1.59. The van der Waals surface area contributed by atoms with Gasteiger partial charge < -0.3 is 0 Å². The van der Waals surface area contributed by atoms with Crippen molar-refractivity contribution in [2.24, 2.45) is 0 Å². The molecular formula is C10H22. The van der Waals surface area contributed by atoms with E-state index in [1.807, 2.05) is 6.92 Å². The SMILES string of the molecule is CC=CCC.CCCCC. The maximum atomic E-state index is 2.21. The molecule has 0 aliphatic rings. The lowest BCUT2D eigenvalue weighted by Gasteiger charge is -1.79. The summed E-state index contributed by atoms with van der Waals surface area (Å²) in [7, 11) is 0. The van der Waals surface area contributed by atoms with E-state index in [4.69, 9.17) is 0 Å². The average Bonchev–Trinajstić information content (AvgIpc) is 1.93. The van der Waals surface area contributed by atoms with Crippen LogP contribution in [0.5, 0.6) is 0 Å². The Balaban J connectivity index is 0. The summed E-state index contributed by atoms with van der Waals surface area (Å²) in [6, 6.07) is 0. The smallest absolute Gasteiger partial charge is 0.0379 e. The van der Waals surface area contributed by atoms with Crippen LogP contribution < -0.4 is 0 Å². The molecule has 0 amide bonds. The van der Waals surface area contributed by atoms with E-state index in [1.54, 1.807) is 0 Å². The molecule has 0 bridgehead atoms. The van der Waals surface area contributed by atoms with Gasteiger partial charge in [-0.2, -0.15) is 0 Å². The van der Waals surface area contributed by atoms with Gasteiger partial charge in [0.25, 0.3) is 0 Å². The maximum absolute atomic E-state index is 2.21. The Morgan fingerprint density at radius 1 is 1.00 bits per heavy atom. The van der Waals surface area contributed by atoms with Crippen LogP contribution in [0, 0.1) is 0 Å². The topological polar surface area (TPSA) is 0 Å². The molecule has 0 aromatic rings. The molecule has 0 heteroatoms. The molecule has 0 atom stereocenters. The van der Waals surface area contributed by atoms with Crippen LogP contribution >= 0.6 is 0 Å². The summed E-state index contributed by atoms with van der Waals surface area (Å²) in [6.45, 7) is 8.58. The van der Waals surface area contributed by atoms with Gasteiger partial charge in [0, 0.05) is 0 Å². The second kappa shape index (κ2) is 15.9. The van der Waals surface area contributed by atoms with Crippen LogP contribution in [0.3, 0.4) is 0 Å². The van der Waals surface area contributed by atoms with Gasteiger partial charge in [0.2, 0.25) is 0 Å². The van der Waals surface area contributed by atoms with Crippen molar-refractivity contribution in [1.29, 1.82) is 0 Å². The molecule has 0 fully saturated rings. The molecule has 0 aromatic heterocycles. The van der Waals surface area contributed by atoms with Gasteiger partial charge >= 0.3 is 0 Å². The first-order chi connectivity index (χ1) is 4.83. The molecule has 0 aliphatic heterocycles. The Hall–Kier alpha value is -0.260. The molecule has 0 saturated carbocycles. The zero-order valence-corrected chi connectivity index (χ0v) is 7.98. The van der Waals surface area contributed by atoms with Gasteiger partial charge in [0.15, 0.2) is 0 Å². The minimum Gasteiger partial charge on any atom is -0.0917 e. The zero-order valence-electron chi connectivity index (χ0n) is 7.98. The lowest BCUT2D eigenvalue weighted by molar-refractivity contribution is 0.772. The van der Waals surface area contributed by atoms with Crippen molar-refractivity contribution in [2.75, 3.05) is 0 Å². The van der Waals surface area contributed by atoms with Crippen LogP contribution in [0.1, 0.15) is 53.4 Å². The van der Waals surface area contributed by atoms with Gasteiger partial charge in [-0.15, -0.1) is 0 Å². The molecule has 0 aliphatic carbocycles. The van der Waals surface area contributed by atoms with E-state index in [0.29, 0.717) is 0 Å². The third kappa shape index (κ3) is 25.1. The van der Waals surface area contributed by atoms with Gasteiger partial charge in [-0.05, 0) is 13.3 Å². The van der Waals surface area contributed by atoms with E-state index in [-0.39, 0.29) is 0 Å². The highest BCUT2D eigenvalue weighted by atomic mass is 13.7. The zero-order chi connectivity index (χ0) is 8.24. The van der Waals surface area contributed by atoms with E-state index < -0.39 is 0 Å². The van der Waals surface area contributed by atoms with E-state index in [0.717, 1.165) is 6.42 Å². The van der Waals surface area contributed by atoms with Crippen molar-refractivity contribution < 1.29 is 0 Å². The predicted octanol–water partition coefficient (Wildman–Crippen LogP) is 4.17. The number of rotatable bonds is 3. The van der Waals surface area contributed by atoms with Crippen LogP contribution in [0.15, 0.2) is 12.2 Å². The Labute approximate surface area is 66.3 Å². The third-order valence-corrected chi connectivity index (χ3v) is 1.18. The molecule has 0 spiro atoms. The monoisotopic (exact) mass is 142 g/mol. The number of hydrogen-bond donors (Lipinski definition) is 0. The highest BCUT2D eigenvalue weighted by Gasteiger charge is 1.68. The van der Waals surface area contributed by atoms with E-state index >= 15 is 0 Å². The fourth-order valence-corrected chi connectivity index (χ4v) is 0.589. The first kappa shape index (κ1) is 12.4. The van der Waals surface area contributed by atoms with Crippen molar-refractivity contribution in [2.45, 2.75) is 53.4 Å². The Morgan fingerprint density at radius 3 is 1.50 bits per heavy atom. The van der Waals surface area contributed by atoms with E-state index in [9.17, 15) is 0 Å². The van der Waals surface area contributed by atoms with Crippen LogP contribution in [-0.2, 0) is 0 Å². The largest absolute Gasteiger partial charge is 0.0917 e. The van der Waals surface area contributed by atoms with Crippen molar-refractivity contribution in [1.82, 2.24) is 0 Å². The van der Waals surface area contributed by atoms with Crippen LogP contribution in [0.2, 0.25) is 0 Å². The second-order valence-corrected chi connectivity index (χ2v) is 2.33. The van der Waals surface area contributed by atoms with Crippen LogP contribution in [0.25, 0.3) is 0 Å². The van der Waals surface area contributed by atoms with Crippen molar-refractivity contribution in [3.05, 3.63) is 12.2 Å². The quantitative estimate of drug-likeness (QED) is 0.519. The highest BCUT2D eigenvalue weighted by molar-refractivity contribution is 4.73. The summed E-state index contributed by atoms with van der Waals surface area (Å²) in [6.07, 6.45) is 9.42. The predicted molar refractivity (Wildman–Crippen MR) is 50.3 cm³/mol. The average molecular weight is 142 g/mol. The molecule has 0 rings (SSSR count). The molecule has 0 nitrogen and oxygen atoms in total. The summed E-state index contributed by atoms with van der Waals surface area (Å²) < 4.78 is 0.